The summed E-state index contributed by atoms with van der Waals surface area (Å²) in [4.78, 5) is 12.5. The summed E-state index contributed by atoms with van der Waals surface area (Å²) in [6.07, 6.45) is 9.60. The van der Waals surface area contributed by atoms with E-state index >= 15 is 0 Å². The lowest BCUT2D eigenvalue weighted by Gasteiger charge is -2.40. The summed E-state index contributed by atoms with van der Waals surface area (Å²) in [5.41, 5.74) is 0.426. The first-order valence-electron chi connectivity index (χ1n) is 8.94. The maximum atomic E-state index is 12.5. The van der Waals surface area contributed by atoms with Gasteiger partial charge < -0.3 is 4.74 Å². The van der Waals surface area contributed by atoms with Gasteiger partial charge in [-0.25, -0.2) is 0 Å². The molecule has 0 amide bonds. The molecule has 0 radical (unpaired) electrons. The van der Waals surface area contributed by atoms with Crippen molar-refractivity contribution in [2.75, 3.05) is 6.61 Å². The van der Waals surface area contributed by atoms with Gasteiger partial charge in [-0.2, -0.15) is 0 Å². The smallest absolute Gasteiger partial charge is 0.139 e. The zero-order chi connectivity index (χ0) is 15.3. The van der Waals surface area contributed by atoms with E-state index in [1.54, 1.807) is 0 Å². The van der Waals surface area contributed by atoms with Gasteiger partial charge in [-0.15, -0.1) is 0 Å². The highest BCUT2D eigenvalue weighted by atomic mass is 16.5. The van der Waals surface area contributed by atoms with Crippen LogP contribution in [0.15, 0.2) is 0 Å². The second-order valence-corrected chi connectivity index (χ2v) is 9.01. The molecule has 0 saturated heterocycles. The van der Waals surface area contributed by atoms with Gasteiger partial charge in [-0.3, -0.25) is 4.79 Å². The van der Waals surface area contributed by atoms with Crippen LogP contribution in [0.5, 0.6) is 0 Å². The van der Waals surface area contributed by atoms with E-state index in [9.17, 15) is 4.79 Å². The third-order valence-electron chi connectivity index (χ3n) is 7.40. The average molecular weight is 292 g/mol. The Hall–Kier alpha value is -0.370. The Bertz CT molecular complexity index is 423. The van der Waals surface area contributed by atoms with Gasteiger partial charge in [0.15, 0.2) is 0 Å². The predicted molar refractivity (Wildman–Crippen MR) is 85.2 cm³/mol. The van der Waals surface area contributed by atoms with Crippen molar-refractivity contribution in [3.05, 3.63) is 0 Å². The molecule has 21 heavy (non-hydrogen) atoms. The topological polar surface area (TPSA) is 26.3 Å². The number of carbonyl (C=O) groups excluding carboxylic acids is 1. The van der Waals surface area contributed by atoms with Gasteiger partial charge in [-0.1, -0.05) is 40.5 Å². The van der Waals surface area contributed by atoms with Crippen LogP contribution in [0.1, 0.15) is 79.1 Å². The SMILES string of the molecule is CC1(C)CCCC[C@H]1OCCC12CCC(CC1=O)C2(C)C. The number of ether oxygens (including phenoxy) is 1. The van der Waals surface area contributed by atoms with Crippen molar-refractivity contribution in [1.29, 1.82) is 0 Å². The summed E-state index contributed by atoms with van der Waals surface area (Å²) in [6, 6.07) is 0. The van der Waals surface area contributed by atoms with Crippen LogP contribution in [0.3, 0.4) is 0 Å². The Labute approximate surface area is 130 Å². The second kappa shape index (κ2) is 5.08. The van der Waals surface area contributed by atoms with Crippen molar-refractivity contribution < 1.29 is 9.53 Å². The maximum absolute atomic E-state index is 12.5. The van der Waals surface area contributed by atoms with Crippen LogP contribution in [0.2, 0.25) is 0 Å². The van der Waals surface area contributed by atoms with E-state index in [1.165, 1.54) is 32.1 Å². The van der Waals surface area contributed by atoms with Crippen molar-refractivity contribution in [2.45, 2.75) is 85.2 Å². The number of Topliss-reactive ketones (excluding diaryl/α,β-unsaturated/α-hetero) is 1. The Morgan fingerprint density at radius 2 is 1.86 bits per heavy atom. The molecule has 3 atom stereocenters. The third kappa shape index (κ3) is 2.29. The number of hydrogen-bond donors (Lipinski definition) is 0. The van der Waals surface area contributed by atoms with Crippen molar-refractivity contribution >= 4 is 5.78 Å². The quantitative estimate of drug-likeness (QED) is 0.747. The summed E-state index contributed by atoms with van der Waals surface area (Å²) < 4.78 is 6.29. The molecule has 3 aliphatic carbocycles. The average Bonchev–Trinajstić information content (AvgIpc) is 2.75. The molecule has 2 unspecified atom stereocenters. The molecular formula is C19H32O2. The van der Waals surface area contributed by atoms with E-state index < -0.39 is 0 Å². The lowest BCUT2D eigenvalue weighted by atomic mass is 9.67. The molecule has 3 fully saturated rings. The van der Waals surface area contributed by atoms with Crippen molar-refractivity contribution in [3.63, 3.8) is 0 Å². The summed E-state index contributed by atoms with van der Waals surface area (Å²) in [6.45, 7) is 10.1. The van der Waals surface area contributed by atoms with Crippen LogP contribution in [-0.4, -0.2) is 18.5 Å². The molecule has 2 heteroatoms. The Kier molecular flexibility index (Phi) is 3.75. The van der Waals surface area contributed by atoms with E-state index in [4.69, 9.17) is 4.74 Å². The van der Waals surface area contributed by atoms with Crippen LogP contribution in [0.4, 0.5) is 0 Å². The van der Waals surface area contributed by atoms with Gasteiger partial charge in [0.05, 0.1) is 6.10 Å². The molecule has 0 spiro atoms. The fraction of sp³-hybridized carbons (Fsp3) is 0.947. The minimum atomic E-state index is -0.0729. The van der Waals surface area contributed by atoms with Gasteiger partial charge >= 0.3 is 0 Å². The van der Waals surface area contributed by atoms with Crippen molar-refractivity contribution in [2.24, 2.45) is 22.2 Å². The Morgan fingerprint density at radius 3 is 2.43 bits per heavy atom. The van der Waals surface area contributed by atoms with Crippen molar-refractivity contribution in [3.8, 4) is 0 Å². The van der Waals surface area contributed by atoms with Crippen LogP contribution in [0, 0.1) is 22.2 Å². The number of rotatable bonds is 4. The summed E-state index contributed by atoms with van der Waals surface area (Å²) in [7, 11) is 0. The van der Waals surface area contributed by atoms with Gasteiger partial charge in [0.1, 0.15) is 5.78 Å². The minimum absolute atomic E-state index is 0.0729. The van der Waals surface area contributed by atoms with E-state index in [1.807, 2.05) is 0 Å². The molecule has 2 bridgehead atoms. The molecule has 120 valence electrons. The summed E-state index contributed by atoms with van der Waals surface area (Å²) in [5.74, 6) is 1.14. The van der Waals surface area contributed by atoms with E-state index in [0.717, 1.165) is 25.9 Å². The second-order valence-electron chi connectivity index (χ2n) is 9.01. The lowest BCUT2D eigenvalue weighted by molar-refractivity contribution is -0.132. The predicted octanol–water partition coefficient (Wildman–Crippen LogP) is 4.76. The highest BCUT2D eigenvalue weighted by molar-refractivity contribution is 5.89. The van der Waals surface area contributed by atoms with Crippen LogP contribution in [-0.2, 0) is 9.53 Å². The van der Waals surface area contributed by atoms with E-state index in [0.29, 0.717) is 23.2 Å². The van der Waals surface area contributed by atoms with Gasteiger partial charge in [0.25, 0.3) is 0 Å². The molecule has 3 rings (SSSR count). The Morgan fingerprint density at radius 1 is 1.10 bits per heavy atom. The highest BCUT2D eigenvalue weighted by Gasteiger charge is 2.63. The van der Waals surface area contributed by atoms with Crippen LogP contribution in [0.25, 0.3) is 0 Å². The molecule has 0 N–H and O–H groups in total. The molecule has 2 nitrogen and oxygen atoms in total. The standard InChI is InChI=1S/C19H32O2/c1-17(2)9-6-5-7-16(17)21-12-11-19-10-8-14(13-15(19)20)18(19,3)4/h14,16H,5-13H2,1-4H3/t14?,16-,19?/m1/s1. The molecule has 3 saturated carbocycles. The largest absolute Gasteiger partial charge is 0.378 e. The van der Waals surface area contributed by atoms with Gasteiger partial charge in [0, 0.05) is 18.4 Å². The zero-order valence-electron chi connectivity index (χ0n) is 14.3. The molecular weight excluding hydrogens is 260 g/mol. The molecule has 0 aromatic carbocycles. The van der Waals surface area contributed by atoms with E-state index in [2.05, 4.69) is 27.7 Å². The first kappa shape index (κ1) is 15.5. The highest BCUT2D eigenvalue weighted by Crippen LogP contribution is 2.65. The fourth-order valence-electron chi connectivity index (χ4n) is 5.50. The fourth-order valence-corrected chi connectivity index (χ4v) is 5.50. The summed E-state index contributed by atoms with van der Waals surface area (Å²) in [5, 5.41) is 0. The van der Waals surface area contributed by atoms with Gasteiger partial charge in [0.2, 0.25) is 0 Å². The van der Waals surface area contributed by atoms with Gasteiger partial charge in [-0.05, 0) is 48.9 Å². The minimum Gasteiger partial charge on any atom is -0.378 e. The zero-order valence-corrected chi connectivity index (χ0v) is 14.3. The number of hydrogen-bond acceptors (Lipinski definition) is 2. The molecule has 0 heterocycles. The Balaban J connectivity index is 1.61. The molecule has 0 aliphatic heterocycles. The lowest BCUT2D eigenvalue weighted by Crippen LogP contribution is -2.39. The number of carbonyl (C=O) groups is 1. The maximum Gasteiger partial charge on any atom is 0.139 e. The van der Waals surface area contributed by atoms with Crippen LogP contribution >= 0.6 is 0 Å². The first-order chi connectivity index (χ1) is 9.80. The van der Waals surface area contributed by atoms with E-state index in [-0.39, 0.29) is 10.8 Å². The molecule has 0 aromatic rings. The number of ketones is 1. The molecule has 3 aliphatic rings. The van der Waals surface area contributed by atoms with Crippen molar-refractivity contribution in [1.82, 2.24) is 0 Å². The third-order valence-corrected chi connectivity index (χ3v) is 7.40. The number of fused-ring (bicyclic) bond motifs is 2. The van der Waals surface area contributed by atoms with Crippen LogP contribution < -0.4 is 0 Å². The molecule has 0 aromatic heterocycles. The summed E-state index contributed by atoms with van der Waals surface area (Å²) >= 11 is 0. The monoisotopic (exact) mass is 292 g/mol. The normalized spacial score (nSPS) is 40.7. The first-order valence-corrected chi connectivity index (χ1v) is 8.94.